The lowest BCUT2D eigenvalue weighted by Crippen LogP contribution is -2.35. The van der Waals surface area contributed by atoms with Crippen molar-refractivity contribution in [3.63, 3.8) is 0 Å². The minimum Gasteiger partial charge on any atom is -0.393 e. The van der Waals surface area contributed by atoms with Crippen LogP contribution in [0.5, 0.6) is 0 Å². The minimum absolute atomic E-state index is 0.0729. The second-order valence-electron chi connectivity index (χ2n) is 4.21. The largest absolute Gasteiger partial charge is 0.393 e. The number of thiazole rings is 1. The number of hydrogen-bond acceptors (Lipinski definition) is 4. The Morgan fingerprint density at radius 1 is 1.71 bits per heavy atom. The van der Waals surface area contributed by atoms with Crippen molar-refractivity contribution in [2.24, 2.45) is 5.73 Å². The van der Waals surface area contributed by atoms with Gasteiger partial charge in [0.15, 0.2) is 0 Å². The summed E-state index contributed by atoms with van der Waals surface area (Å²) in [5, 5.41) is 0. The molecule has 0 spiro atoms. The summed E-state index contributed by atoms with van der Waals surface area (Å²) in [6.07, 6.45) is 2.76. The van der Waals surface area contributed by atoms with E-state index in [9.17, 15) is 4.79 Å². The predicted octanol–water partition coefficient (Wildman–Crippen LogP) is 1.73. The number of thiocarbonyl (C=S) groups is 1. The van der Waals surface area contributed by atoms with E-state index in [-0.39, 0.29) is 5.91 Å². The van der Waals surface area contributed by atoms with E-state index in [1.54, 1.807) is 5.51 Å². The standard InChI is InChI=1S/C11H15N3OS2/c1-7-10(17-6-13-7)11(15)14(8-2-3-8)5-4-9(12)16/h6,8H,2-5H2,1H3,(H2,12,16). The topological polar surface area (TPSA) is 59.2 Å². The summed E-state index contributed by atoms with van der Waals surface area (Å²) >= 11 is 6.26. The van der Waals surface area contributed by atoms with Crippen molar-refractivity contribution in [2.45, 2.75) is 32.2 Å². The van der Waals surface area contributed by atoms with Gasteiger partial charge in [0, 0.05) is 19.0 Å². The van der Waals surface area contributed by atoms with Gasteiger partial charge in [0.2, 0.25) is 0 Å². The molecule has 0 aliphatic heterocycles. The van der Waals surface area contributed by atoms with Gasteiger partial charge in [-0.3, -0.25) is 4.79 Å². The molecule has 1 aromatic heterocycles. The Bertz CT molecular complexity index is 440. The molecule has 2 N–H and O–H groups in total. The van der Waals surface area contributed by atoms with E-state index in [0.29, 0.717) is 24.0 Å². The average Bonchev–Trinajstić information content (AvgIpc) is 3.00. The van der Waals surface area contributed by atoms with E-state index in [4.69, 9.17) is 18.0 Å². The molecular weight excluding hydrogens is 254 g/mol. The monoisotopic (exact) mass is 269 g/mol. The molecule has 0 bridgehead atoms. The van der Waals surface area contributed by atoms with Crippen LogP contribution in [0.1, 0.15) is 34.6 Å². The Balaban J connectivity index is 2.08. The molecule has 0 saturated heterocycles. The highest BCUT2D eigenvalue weighted by Crippen LogP contribution is 2.29. The number of rotatable bonds is 5. The lowest BCUT2D eigenvalue weighted by molar-refractivity contribution is 0.0752. The molecule has 2 rings (SSSR count). The Morgan fingerprint density at radius 2 is 2.41 bits per heavy atom. The van der Waals surface area contributed by atoms with Gasteiger partial charge in [0.05, 0.1) is 16.2 Å². The van der Waals surface area contributed by atoms with Crippen LogP contribution in [0.3, 0.4) is 0 Å². The molecule has 1 amide bonds. The second kappa shape index (κ2) is 5.10. The Labute approximate surface area is 110 Å². The zero-order chi connectivity index (χ0) is 12.4. The van der Waals surface area contributed by atoms with Crippen LogP contribution in [0.25, 0.3) is 0 Å². The number of hydrogen-bond donors (Lipinski definition) is 1. The fourth-order valence-corrected chi connectivity index (χ4v) is 2.55. The third-order valence-corrected chi connectivity index (χ3v) is 3.91. The van der Waals surface area contributed by atoms with Gasteiger partial charge in [-0.15, -0.1) is 11.3 Å². The predicted molar refractivity (Wildman–Crippen MR) is 72.3 cm³/mol. The van der Waals surface area contributed by atoms with Gasteiger partial charge >= 0.3 is 0 Å². The van der Waals surface area contributed by atoms with Crippen molar-refractivity contribution in [1.82, 2.24) is 9.88 Å². The van der Waals surface area contributed by atoms with Crippen LogP contribution in [-0.4, -0.2) is 33.4 Å². The number of carbonyl (C=O) groups is 1. The maximum Gasteiger partial charge on any atom is 0.266 e. The second-order valence-corrected chi connectivity index (χ2v) is 5.59. The lowest BCUT2D eigenvalue weighted by Gasteiger charge is -2.21. The zero-order valence-corrected chi connectivity index (χ0v) is 11.3. The van der Waals surface area contributed by atoms with E-state index < -0.39 is 0 Å². The normalized spacial score (nSPS) is 14.6. The van der Waals surface area contributed by atoms with Crippen molar-refractivity contribution < 1.29 is 4.79 Å². The fraction of sp³-hybridized carbons (Fsp3) is 0.545. The maximum atomic E-state index is 12.3. The van der Waals surface area contributed by atoms with E-state index in [1.165, 1.54) is 11.3 Å². The quantitative estimate of drug-likeness (QED) is 0.827. The molecule has 0 aromatic carbocycles. The van der Waals surface area contributed by atoms with Gasteiger partial charge < -0.3 is 10.6 Å². The number of carbonyl (C=O) groups excluding carboxylic acids is 1. The van der Waals surface area contributed by atoms with E-state index in [2.05, 4.69) is 4.98 Å². The molecule has 92 valence electrons. The van der Waals surface area contributed by atoms with Crippen molar-refractivity contribution in [2.75, 3.05) is 6.54 Å². The van der Waals surface area contributed by atoms with Gasteiger partial charge in [0.25, 0.3) is 5.91 Å². The Morgan fingerprint density at radius 3 is 2.88 bits per heavy atom. The third kappa shape index (κ3) is 3.01. The van der Waals surface area contributed by atoms with Crippen molar-refractivity contribution in [3.8, 4) is 0 Å². The molecule has 1 aliphatic carbocycles. The van der Waals surface area contributed by atoms with Crippen molar-refractivity contribution in [1.29, 1.82) is 0 Å². The molecule has 1 fully saturated rings. The summed E-state index contributed by atoms with van der Waals surface area (Å²) in [4.78, 5) is 19.5. The van der Waals surface area contributed by atoms with Crippen LogP contribution in [0.15, 0.2) is 5.51 Å². The Kier molecular flexibility index (Phi) is 3.73. The van der Waals surface area contributed by atoms with Gasteiger partial charge in [-0.2, -0.15) is 0 Å². The number of aryl methyl sites for hydroxylation is 1. The first kappa shape index (κ1) is 12.4. The maximum absolute atomic E-state index is 12.3. The smallest absolute Gasteiger partial charge is 0.266 e. The van der Waals surface area contributed by atoms with Crippen LogP contribution in [0, 0.1) is 6.92 Å². The number of aromatic nitrogens is 1. The molecule has 0 unspecified atom stereocenters. The molecule has 1 saturated carbocycles. The minimum atomic E-state index is 0.0729. The summed E-state index contributed by atoms with van der Waals surface area (Å²) in [7, 11) is 0. The average molecular weight is 269 g/mol. The summed E-state index contributed by atoms with van der Waals surface area (Å²) in [6, 6.07) is 0.373. The highest BCUT2D eigenvalue weighted by molar-refractivity contribution is 7.80. The van der Waals surface area contributed by atoms with Gasteiger partial charge in [-0.05, 0) is 19.8 Å². The highest BCUT2D eigenvalue weighted by atomic mass is 32.1. The Hall–Kier alpha value is -1.01. The molecule has 4 nitrogen and oxygen atoms in total. The van der Waals surface area contributed by atoms with Crippen LogP contribution in [-0.2, 0) is 0 Å². The van der Waals surface area contributed by atoms with Crippen molar-refractivity contribution >= 4 is 34.5 Å². The summed E-state index contributed by atoms with van der Waals surface area (Å²) in [5.41, 5.74) is 8.01. The molecule has 6 heteroatoms. The molecule has 1 heterocycles. The van der Waals surface area contributed by atoms with E-state index in [1.807, 2.05) is 11.8 Å². The first-order valence-electron chi connectivity index (χ1n) is 5.59. The highest BCUT2D eigenvalue weighted by Gasteiger charge is 2.33. The number of amides is 1. The molecule has 0 atom stereocenters. The lowest BCUT2D eigenvalue weighted by atomic mass is 10.3. The van der Waals surface area contributed by atoms with Crippen LogP contribution in [0.4, 0.5) is 0 Å². The zero-order valence-electron chi connectivity index (χ0n) is 9.68. The molecule has 1 aliphatic rings. The van der Waals surface area contributed by atoms with Crippen LogP contribution in [0.2, 0.25) is 0 Å². The molecular formula is C11H15N3OS2. The summed E-state index contributed by atoms with van der Waals surface area (Å²) in [6.45, 7) is 2.48. The third-order valence-electron chi connectivity index (χ3n) is 2.79. The van der Waals surface area contributed by atoms with Crippen molar-refractivity contribution in [3.05, 3.63) is 16.1 Å². The number of nitrogens with two attached hydrogens (primary N) is 1. The SMILES string of the molecule is Cc1ncsc1C(=O)N(CCC(N)=S)C1CC1. The molecule has 1 aromatic rings. The van der Waals surface area contributed by atoms with Crippen LogP contribution < -0.4 is 5.73 Å². The first-order chi connectivity index (χ1) is 8.09. The molecule has 0 radical (unpaired) electrons. The van der Waals surface area contributed by atoms with E-state index >= 15 is 0 Å². The molecule has 17 heavy (non-hydrogen) atoms. The summed E-state index contributed by atoms with van der Waals surface area (Å²) < 4.78 is 0. The first-order valence-corrected chi connectivity index (χ1v) is 6.87. The fourth-order valence-electron chi connectivity index (χ4n) is 1.70. The van der Waals surface area contributed by atoms with E-state index in [0.717, 1.165) is 23.4 Å². The van der Waals surface area contributed by atoms with Gasteiger partial charge in [0.1, 0.15) is 4.88 Å². The van der Waals surface area contributed by atoms with Gasteiger partial charge in [-0.1, -0.05) is 12.2 Å². The van der Waals surface area contributed by atoms with Crippen LogP contribution >= 0.6 is 23.6 Å². The van der Waals surface area contributed by atoms with Gasteiger partial charge in [-0.25, -0.2) is 4.98 Å². The number of nitrogens with zero attached hydrogens (tertiary/aromatic N) is 2. The summed E-state index contributed by atoms with van der Waals surface area (Å²) in [5.74, 6) is 0.0729.